The minimum atomic E-state index is -0.290. The fourth-order valence-electron chi connectivity index (χ4n) is 2.88. The van der Waals surface area contributed by atoms with Gasteiger partial charge in [-0.25, -0.2) is 4.39 Å². The van der Waals surface area contributed by atoms with Crippen molar-refractivity contribution in [3.63, 3.8) is 0 Å². The van der Waals surface area contributed by atoms with Crippen molar-refractivity contribution in [3.8, 4) is 5.75 Å². The van der Waals surface area contributed by atoms with E-state index in [0.29, 0.717) is 13.1 Å². The molecule has 2 aromatic carbocycles. The second-order valence-electron chi connectivity index (χ2n) is 6.50. The molecule has 0 fully saturated rings. The lowest BCUT2D eigenvalue weighted by molar-refractivity contribution is -0.129. The molecule has 144 valence electrons. The van der Waals surface area contributed by atoms with E-state index in [0.717, 1.165) is 22.4 Å². The Balaban J connectivity index is 2.20. The van der Waals surface area contributed by atoms with Crippen LogP contribution < -0.4 is 10.1 Å². The Hall–Kier alpha value is -2.66. The summed E-state index contributed by atoms with van der Waals surface area (Å²) >= 11 is 0. The van der Waals surface area contributed by atoms with Gasteiger partial charge in [-0.05, 0) is 49.2 Å². The Labute approximate surface area is 160 Å². The third kappa shape index (κ3) is 5.93. The third-order valence-electron chi connectivity index (χ3n) is 4.31. The highest BCUT2D eigenvalue weighted by molar-refractivity contribution is 5.78. The van der Waals surface area contributed by atoms with E-state index in [1.807, 2.05) is 38.1 Å². The van der Waals surface area contributed by atoms with Crippen molar-refractivity contribution in [1.29, 1.82) is 0 Å². The molecule has 1 amide bonds. The average molecular weight is 370 g/mol. The van der Waals surface area contributed by atoms with Gasteiger partial charge in [-0.1, -0.05) is 36.4 Å². The summed E-state index contributed by atoms with van der Waals surface area (Å²) in [7, 11) is 1.62. The van der Waals surface area contributed by atoms with Crippen LogP contribution in [0.25, 0.3) is 0 Å². The molecule has 0 radical (unpaired) electrons. The van der Waals surface area contributed by atoms with Gasteiger partial charge in [0.25, 0.3) is 0 Å². The number of nitrogens with zero attached hydrogens (tertiary/aromatic N) is 1. The first kappa shape index (κ1) is 20.6. The molecule has 0 aliphatic carbocycles. The van der Waals surface area contributed by atoms with E-state index in [1.54, 1.807) is 24.1 Å². The van der Waals surface area contributed by atoms with Crippen LogP contribution in [0, 0.1) is 5.82 Å². The molecule has 1 atom stereocenters. The van der Waals surface area contributed by atoms with Crippen LogP contribution in [0.15, 0.2) is 60.7 Å². The Morgan fingerprint density at radius 2 is 1.70 bits per heavy atom. The van der Waals surface area contributed by atoms with E-state index in [2.05, 4.69) is 11.9 Å². The van der Waals surface area contributed by atoms with Gasteiger partial charge in [0.2, 0.25) is 5.91 Å². The molecule has 0 aliphatic rings. The molecular weight excluding hydrogens is 343 g/mol. The monoisotopic (exact) mass is 370 g/mol. The van der Waals surface area contributed by atoms with E-state index in [9.17, 15) is 9.18 Å². The SMILES string of the molecule is C=C(C)CN(CC)C(=O)CN[C@H](c1ccc(F)cc1)c1ccc(OC)cc1. The summed E-state index contributed by atoms with van der Waals surface area (Å²) in [6.07, 6.45) is 0. The van der Waals surface area contributed by atoms with Crippen LogP contribution >= 0.6 is 0 Å². The number of benzene rings is 2. The summed E-state index contributed by atoms with van der Waals surface area (Å²) in [4.78, 5) is 14.3. The number of likely N-dealkylation sites (N-methyl/N-ethyl adjacent to an activating group) is 1. The maximum Gasteiger partial charge on any atom is 0.236 e. The van der Waals surface area contributed by atoms with Gasteiger partial charge >= 0.3 is 0 Å². The first-order valence-corrected chi connectivity index (χ1v) is 8.99. The summed E-state index contributed by atoms with van der Waals surface area (Å²) in [5.74, 6) is 0.467. The van der Waals surface area contributed by atoms with Crippen molar-refractivity contribution in [3.05, 3.63) is 77.6 Å². The zero-order valence-corrected chi connectivity index (χ0v) is 16.2. The normalized spacial score (nSPS) is 11.7. The third-order valence-corrected chi connectivity index (χ3v) is 4.31. The van der Waals surface area contributed by atoms with E-state index in [1.165, 1.54) is 12.1 Å². The number of amides is 1. The molecular formula is C22H27FN2O2. The van der Waals surface area contributed by atoms with Crippen LogP contribution in [0.2, 0.25) is 0 Å². The molecule has 5 heteroatoms. The number of carbonyl (C=O) groups is 1. The van der Waals surface area contributed by atoms with Gasteiger partial charge < -0.3 is 9.64 Å². The van der Waals surface area contributed by atoms with E-state index >= 15 is 0 Å². The van der Waals surface area contributed by atoms with Gasteiger partial charge in [-0.15, -0.1) is 0 Å². The molecule has 0 saturated carbocycles. The summed E-state index contributed by atoms with van der Waals surface area (Å²) in [6, 6.07) is 13.7. The fraction of sp³-hybridized carbons (Fsp3) is 0.318. The molecule has 2 aromatic rings. The molecule has 1 N–H and O–H groups in total. The number of hydrogen-bond acceptors (Lipinski definition) is 3. The van der Waals surface area contributed by atoms with Crippen LogP contribution in [-0.2, 0) is 4.79 Å². The van der Waals surface area contributed by atoms with Crippen molar-refractivity contribution >= 4 is 5.91 Å². The van der Waals surface area contributed by atoms with Gasteiger partial charge in [0.1, 0.15) is 11.6 Å². The number of methoxy groups -OCH3 is 1. The fourth-order valence-corrected chi connectivity index (χ4v) is 2.88. The molecule has 0 bridgehead atoms. The topological polar surface area (TPSA) is 41.6 Å². The molecule has 0 aliphatic heterocycles. The molecule has 4 nitrogen and oxygen atoms in total. The summed E-state index contributed by atoms with van der Waals surface area (Å²) in [5, 5.41) is 3.31. The minimum Gasteiger partial charge on any atom is -0.497 e. The van der Waals surface area contributed by atoms with E-state index < -0.39 is 0 Å². The van der Waals surface area contributed by atoms with Crippen LogP contribution in [0.5, 0.6) is 5.75 Å². The Morgan fingerprint density at radius 1 is 1.15 bits per heavy atom. The highest BCUT2D eigenvalue weighted by atomic mass is 19.1. The second-order valence-corrected chi connectivity index (χ2v) is 6.50. The number of nitrogens with one attached hydrogen (secondary N) is 1. The number of hydrogen-bond donors (Lipinski definition) is 1. The lowest BCUT2D eigenvalue weighted by atomic mass is 9.98. The van der Waals surface area contributed by atoms with Crippen LogP contribution in [0.1, 0.15) is 31.0 Å². The maximum atomic E-state index is 13.3. The van der Waals surface area contributed by atoms with Gasteiger partial charge in [0.05, 0.1) is 19.7 Å². The van der Waals surface area contributed by atoms with Crippen LogP contribution in [-0.4, -0.2) is 37.6 Å². The van der Waals surface area contributed by atoms with Crippen molar-refractivity contribution < 1.29 is 13.9 Å². The summed E-state index contributed by atoms with van der Waals surface area (Å²) in [6.45, 7) is 9.07. The van der Waals surface area contributed by atoms with Gasteiger partial charge in [0, 0.05) is 13.1 Å². The highest BCUT2D eigenvalue weighted by Gasteiger charge is 2.18. The molecule has 2 rings (SSSR count). The standard InChI is InChI=1S/C22H27FN2O2/c1-5-25(15-16(2)3)21(26)14-24-22(17-6-10-19(23)11-7-17)18-8-12-20(27-4)13-9-18/h6-13,22,24H,2,5,14-15H2,1,3-4H3/t22-/m1/s1. The van der Waals surface area contributed by atoms with Gasteiger partial charge in [-0.2, -0.15) is 0 Å². The molecule has 0 aromatic heterocycles. The number of carbonyl (C=O) groups excluding carboxylic acids is 1. The van der Waals surface area contributed by atoms with Crippen molar-refractivity contribution in [2.24, 2.45) is 0 Å². The number of ether oxygens (including phenoxy) is 1. The minimum absolute atomic E-state index is 0.00104. The molecule has 27 heavy (non-hydrogen) atoms. The largest absolute Gasteiger partial charge is 0.497 e. The van der Waals surface area contributed by atoms with E-state index in [4.69, 9.17) is 4.74 Å². The van der Waals surface area contributed by atoms with Gasteiger partial charge in [0.15, 0.2) is 0 Å². The molecule has 0 unspecified atom stereocenters. The molecule has 0 saturated heterocycles. The van der Waals surface area contributed by atoms with Crippen molar-refractivity contribution in [1.82, 2.24) is 10.2 Å². The highest BCUT2D eigenvalue weighted by Crippen LogP contribution is 2.24. The van der Waals surface area contributed by atoms with E-state index in [-0.39, 0.29) is 24.3 Å². The lowest BCUT2D eigenvalue weighted by Crippen LogP contribution is -2.40. The number of rotatable bonds is 9. The van der Waals surface area contributed by atoms with Crippen LogP contribution in [0.4, 0.5) is 4.39 Å². The smallest absolute Gasteiger partial charge is 0.236 e. The van der Waals surface area contributed by atoms with Crippen LogP contribution in [0.3, 0.4) is 0 Å². The first-order valence-electron chi connectivity index (χ1n) is 8.99. The summed E-state index contributed by atoms with van der Waals surface area (Å²) in [5.41, 5.74) is 2.80. The summed E-state index contributed by atoms with van der Waals surface area (Å²) < 4.78 is 18.5. The zero-order chi connectivity index (χ0) is 19.8. The average Bonchev–Trinajstić information content (AvgIpc) is 2.67. The zero-order valence-electron chi connectivity index (χ0n) is 16.2. The molecule has 0 heterocycles. The molecule has 0 spiro atoms. The first-order chi connectivity index (χ1) is 12.9. The Kier molecular flexibility index (Phi) is 7.55. The second kappa shape index (κ2) is 9.88. The predicted octanol–water partition coefficient (Wildman–Crippen LogP) is 3.94. The Morgan fingerprint density at radius 3 is 2.19 bits per heavy atom. The lowest BCUT2D eigenvalue weighted by Gasteiger charge is -2.24. The number of halogens is 1. The van der Waals surface area contributed by atoms with Gasteiger partial charge in [-0.3, -0.25) is 10.1 Å². The maximum absolute atomic E-state index is 13.3. The quantitative estimate of drug-likeness (QED) is 0.680. The Bertz CT molecular complexity index is 757. The predicted molar refractivity (Wildman–Crippen MR) is 106 cm³/mol. The van der Waals surface area contributed by atoms with Crippen molar-refractivity contribution in [2.75, 3.05) is 26.7 Å². The van der Waals surface area contributed by atoms with Crippen molar-refractivity contribution in [2.45, 2.75) is 19.9 Å².